The van der Waals surface area contributed by atoms with E-state index in [4.69, 9.17) is 0 Å². The highest BCUT2D eigenvalue weighted by Gasteiger charge is 2.57. The maximum atomic E-state index is 4.38. The van der Waals surface area contributed by atoms with Gasteiger partial charge in [-0.2, -0.15) is 5.10 Å². The molecule has 1 aliphatic heterocycles. The molecular formula is C23H30N6S. The Kier molecular flexibility index (Phi) is 5.19. The maximum absolute atomic E-state index is 4.38. The highest BCUT2D eigenvalue weighted by Crippen LogP contribution is 2.64. The second-order valence-electron chi connectivity index (χ2n) is 9.03. The number of likely N-dealkylation sites (tertiary alicyclic amines) is 1. The molecule has 6 nitrogen and oxygen atoms in total. The van der Waals surface area contributed by atoms with Gasteiger partial charge in [-0.25, -0.2) is 0 Å². The summed E-state index contributed by atoms with van der Waals surface area (Å²) in [5.41, 5.74) is 4.47. The third kappa shape index (κ3) is 3.81. The van der Waals surface area contributed by atoms with E-state index >= 15 is 0 Å². The van der Waals surface area contributed by atoms with Crippen molar-refractivity contribution in [2.45, 2.75) is 37.3 Å². The number of thioether (sulfide) groups is 1. The second-order valence-corrected chi connectivity index (χ2v) is 10.1. The summed E-state index contributed by atoms with van der Waals surface area (Å²) in [5.74, 6) is 2.73. The monoisotopic (exact) mass is 422 g/mol. The van der Waals surface area contributed by atoms with Gasteiger partial charge in [0.25, 0.3) is 0 Å². The molecule has 0 N–H and O–H groups in total. The standard InChI is InChI=1S/C23H30N6S/c1-17-5-7-18(8-6-17)20-13-23(20)9-11-29(16-23)10-4-12-30-22-26-25-21(28(22)3)19-14-24-27(2)15-19/h5-8,14-15,20H,4,9-13,16H2,1-3H3/t20-,23+/m1/s1. The summed E-state index contributed by atoms with van der Waals surface area (Å²) < 4.78 is 3.87. The molecule has 1 saturated carbocycles. The fourth-order valence-electron chi connectivity index (χ4n) is 4.92. The van der Waals surface area contributed by atoms with E-state index in [0.717, 1.165) is 28.2 Å². The summed E-state index contributed by atoms with van der Waals surface area (Å²) in [5, 5.41) is 13.9. The molecule has 2 aromatic heterocycles. The number of rotatable bonds is 7. The van der Waals surface area contributed by atoms with Gasteiger partial charge < -0.3 is 9.47 Å². The largest absolute Gasteiger partial charge is 0.305 e. The van der Waals surface area contributed by atoms with Crippen molar-refractivity contribution in [3.8, 4) is 11.4 Å². The maximum Gasteiger partial charge on any atom is 0.191 e. The molecule has 5 rings (SSSR count). The van der Waals surface area contributed by atoms with Gasteiger partial charge in [-0.3, -0.25) is 4.68 Å². The molecular weight excluding hydrogens is 392 g/mol. The van der Waals surface area contributed by atoms with E-state index in [2.05, 4.69) is 56.0 Å². The second kappa shape index (κ2) is 7.85. The zero-order chi connectivity index (χ0) is 20.7. The van der Waals surface area contributed by atoms with Gasteiger partial charge >= 0.3 is 0 Å². The van der Waals surface area contributed by atoms with Crippen LogP contribution in [0.15, 0.2) is 41.8 Å². The molecule has 158 valence electrons. The number of hydrogen-bond donors (Lipinski definition) is 0. The SMILES string of the molecule is Cc1ccc([C@H]2C[C@]23CCN(CCCSc2nnc(-c4cnn(C)c4)n2C)C3)cc1. The van der Waals surface area contributed by atoms with Crippen LogP contribution in [-0.2, 0) is 14.1 Å². The van der Waals surface area contributed by atoms with E-state index in [0.29, 0.717) is 5.41 Å². The molecule has 3 heterocycles. The first-order valence-electron chi connectivity index (χ1n) is 10.8. The number of hydrogen-bond acceptors (Lipinski definition) is 5. The van der Waals surface area contributed by atoms with Crippen LogP contribution < -0.4 is 0 Å². The minimum Gasteiger partial charge on any atom is -0.305 e. The average Bonchev–Trinajstić information content (AvgIpc) is 3.04. The Labute approximate surface area is 182 Å². The average molecular weight is 423 g/mol. The normalized spacial score (nSPS) is 23.5. The van der Waals surface area contributed by atoms with Crippen molar-refractivity contribution in [3.63, 3.8) is 0 Å². The molecule has 0 amide bonds. The first kappa shape index (κ1) is 19.8. The fraction of sp³-hybridized carbons (Fsp3) is 0.522. The quantitative estimate of drug-likeness (QED) is 0.427. The minimum atomic E-state index is 0.560. The van der Waals surface area contributed by atoms with E-state index in [-0.39, 0.29) is 0 Å². The van der Waals surface area contributed by atoms with Crippen LogP contribution in [0.3, 0.4) is 0 Å². The third-order valence-electron chi connectivity index (χ3n) is 6.78. The van der Waals surface area contributed by atoms with Crippen LogP contribution in [0.1, 0.15) is 36.3 Å². The van der Waals surface area contributed by atoms with Crippen LogP contribution in [0.4, 0.5) is 0 Å². The van der Waals surface area contributed by atoms with Crippen LogP contribution in [0.5, 0.6) is 0 Å². The zero-order valence-corrected chi connectivity index (χ0v) is 18.9. The van der Waals surface area contributed by atoms with E-state index < -0.39 is 0 Å². The molecule has 7 heteroatoms. The van der Waals surface area contributed by atoms with E-state index in [9.17, 15) is 0 Å². The van der Waals surface area contributed by atoms with Gasteiger partial charge in [-0.1, -0.05) is 41.6 Å². The number of aromatic nitrogens is 5. The first-order valence-corrected chi connectivity index (χ1v) is 11.8. The van der Waals surface area contributed by atoms with Crippen molar-refractivity contribution in [2.24, 2.45) is 19.5 Å². The predicted octanol–water partition coefficient (Wildman–Crippen LogP) is 3.89. The smallest absolute Gasteiger partial charge is 0.191 e. The third-order valence-corrected chi connectivity index (χ3v) is 7.89. The molecule has 0 radical (unpaired) electrons. The lowest BCUT2D eigenvalue weighted by molar-refractivity contribution is 0.319. The van der Waals surface area contributed by atoms with Crippen LogP contribution in [-0.4, -0.2) is 54.8 Å². The molecule has 0 bridgehead atoms. The molecule has 1 spiro atoms. The number of benzene rings is 1. The van der Waals surface area contributed by atoms with Gasteiger partial charge in [0.1, 0.15) is 0 Å². The van der Waals surface area contributed by atoms with Crippen molar-refractivity contribution in [2.75, 3.05) is 25.4 Å². The Morgan fingerprint density at radius 2 is 2.00 bits per heavy atom. The first-order chi connectivity index (χ1) is 14.5. The number of nitrogens with zero attached hydrogens (tertiary/aromatic N) is 6. The van der Waals surface area contributed by atoms with Crippen molar-refractivity contribution in [3.05, 3.63) is 47.8 Å². The van der Waals surface area contributed by atoms with Crippen molar-refractivity contribution >= 4 is 11.8 Å². The molecule has 1 saturated heterocycles. The van der Waals surface area contributed by atoms with Gasteiger partial charge in [-0.05, 0) is 56.2 Å². The Morgan fingerprint density at radius 1 is 1.17 bits per heavy atom. The molecule has 2 aliphatic rings. The molecule has 0 unspecified atom stereocenters. The summed E-state index contributed by atoms with van der Waals surface area (Å²) in [4.78, 5) is 2.67. The lowest BCUT2D eigenvalue weighted by Gasteiger charge is -2.16. The van der Waals surface area contributed by atoms with Crippen molar-refractivity contribution in [1.29, 1.82) is 0 Å². The van der Waals surface area contributed by atoms with Crippen molar-refractivity contribution < 1.29 is 0 Å². The lowest BCUT2D eigenvalue weighted by Crippen LogP contribution is -2.23. The van der Waals surface area contributed by atoms with Crippen LogP contribution >= 0.6 is 11.8 Å². The van der Waals surface area contributed by atoms with Crippen molar-refractivity contribution in [1.82, 2.24) is 29.4 Å². The molecule has 2 atom stereocenters. The summed E-state index contributed by atoms with van der Waals surface area (Å²) in [7, 11) is 3.95. The Morgan fingerprint density at radius 3 is 2.77 bits per heavy atom. The number of aryl methyl sites for hydroxylation is 2. The van der Waals surface area contributed by atoms with Gasteiger partial charge in [0.15, 0.2) is 11.0 Å². The molecule has 1 aliphatic carbocycles. The van der Waals surface area contributed by atoms with Crippen LogP contribution in [0.25, 0.3) is 11.4 Å². The Balaban J connectivity index is 1.09. The van der Waals surface area contributed by atoms with Gasteiger partial charge in [0.05, 0.1) is 11.8 Å². The predicted molar refractivity (Wildman–Crippen MR) is 121 cm³/mol. The molecule has 30 heavy (non-hydrogen) atoms. The van der Waals surface area contributed by atoms with Crippen LogP contribution in [0.2, 0.25) is 0 Å². The minimum absolute atomic E-state index is 0.560. The summed E-state index contributed by atoms with van der Waals surface area (Å²) in [6.07, 6.45) is 7.73. The molecule has 1 aromatic carbocycles. The van der Waals surface area contributed by atoms with Gasteiger partial charge in [0, 0.05) is 32.6 Å². The van der Waals surface area contributed by atoms with E-state index in [1.807, 2.05) is 26.5 Å². The summed E-state index contributed by atoms with van der Waals surface area (Å²) in [6, 6.07) is 9.21. The Bertz CT molecular complexity index is 1020. The zero-order valence-electron chi connectivity index (χ0n) is 18.1. The lowest BCUT2D eigenvalue weighted by atomic mass is 9.98. The fourth-order valence-corrected chi connectivity index (χ4v) is 5.76. The van der Waals surface area contributed by atoms with Gasteiger partial charge in [0.2, 0.25) is 0 Å². The highest BCUT2D eigenvalue weighted by molar-refractivity contribution is 7.99. The highest BCUT2D eigenvalue weighted by atomic mass is 32.2. The summed E-state index contributed by atoms with van der Waals surface area (Å²) >= 11 is 1.80. The molecule has 2 fully saturated rings. The Hall–Kier alpha value is -2.12. The topological polar surface area (TPSA) is 51.8 Å². The van der Waals surface area contributed by atoms with Gasteiger partial charge in [-0.15, -0.1) is 10.2 Å². The van der Waals surface area contributed by atoms with Crippen LogP contribution in [0, 0.1) is 12.3 Å². The molecule has 3 aromatic rings. The van der Waals surface area contributed by atoms with E-state index in [1.54, 1.807) is 22.0 Å². The summed E-state index contributed by atoms with van der Waals surface area (Å²) in [6.45, 7) is 5.87. The van der Waals surface area contributed by atoms with E-state index in [1.165, 1.54) is 44.5 Å².